The molecule has 0 radical (unpaired) electrons. The average Bonchev–Trinajstić information content (AvgIpc) is 3.20. The van der Waals surface area contributed by atoms with E-state index < -0.39 is 0 Å². The second kappa shape index (κ2) is 6.39. The normalized spacial score (nSPS) is 17.2. The molecule has 1 saturated carbocycles. The van der Waals surface area contributed by atoms with Gasteiger partial charge in [0, 0.05) is 19.4 Å². The Bertz CT molecular complexity index is 782. The maximum atomic E-state index is 12.4. The first-order valence-electron chi connectivity index (χ1n) is 8.17. The summed E-state index contributed by atoms with van der Waals surface area (Å²) < 4.78 is 2.01. The van der Waals surface area contributed by atoms with Gasteiger partial charge in [0.25, 0.3) is 5.91 Å². The number of rotatable bonds is 5. The molecule has 6 nitrogen and oxygen atoms in total. The van der Waals surface area contributed by atoms with Gasteiger partial charge in [-0.1, -0.05) is 42.1 Å². The molecule has 24 heavy (non-hydrogen) atoms. The third kappa shape index (κ3) is 3.08. The van der Waals surface area contributed by atoms with Crippen molar-refractivity contribution >= 4 is 23.4 Å². The first-order chi connectivity index (χ1) is 11.7. The maximum absolute atomic E-state index is 12.4. The Hall–Kier alpha value is -2.15. The lowest BCUT2D eigenvalue weighted by Gasteiger charge is -2.10. The van der Waals surface area contributed by atoms with Crippen LogP contribution in [-0.4, -0.2) is 43.7 Å². The van der Waals surface area contributed by atoms with Crippen molar-refractivity contribution in [3.05, 3.63) is 41.7 Å². The Morgan fingerprint density at radius 1 is 1.25 bits per heavy atom. The number of hydrogen-bond donors (Lipinski definition) is 0. The molecule has 0 bridgehead atoms. The van der Waals surface area contributed by atoms with Crippen molar-refractivity contribution in [2.45, 2.75) is 30.3 Å². The molecule has 124 valence electrons. The molecule has 4 rings (SSSR count). The molecular weight excluding hydrogens is 322 g/mol. The number of hydrazone groups is 1. The van der Waals surface area contributed by atoms with Crippen molar-refractivity contribution < 1.29 is 4.79 Å². The first kappa shape index (κ1) is 15.4. The summed E-state index contributed by atoms with van der Waals surface area (Å²) in [6.07, 6.45) is 3.19. The van der Waals surface area contributed by atoms with E-state index in [1.54, 1.807) is 5.01 Å². The Labute approximate surface area is 144 Å². The minimum absolute atomic E-state index is 0.0157. The molecule has 1 fully saturated rings. The van der Waals surface area contributed by atoms with Crippen LogP contribution in [0, 0.1) is 0 Å². The lowest BCUT2D eigenvalue weighted by atomic mass is 10.1. The predicted octanol–water partition coefficient (Wildman–Crippen LogP) is 2.42. The van der Waals surface area contributed by atoms with Gasteiger partial charge in [0.05, 0.1) is 18.0 Å². The number of aromatic nitrogens is 3. The number of amides is 1. The Balaban J connectivity index is 1.38. The zero-order chi connectivity index (χ0) is 16.5. The number of carbonyl (C=O) groups is 1. The van der Waals surface area contributed by atoms with E-state index in [-0.39, 0.29) is 5.91 Å². The highest BCUT2D eigenvalue weighted by atomic mass is 32.2. The van der Waals surface area contributed by atoms with Crippen LogP contribution in [0.2, 0.25) is 0 Å². The van der Waals surface area contributed by atoms with Crippen molar-refractivity contribution in [2.24, 2.45) is 12.1 Å². The van der Waals surface area contributed by atoms with Crippen molar-refractivity contribution in [2.75, 3.05) is 12.3 Å². The third-order valence-corrected chi connectivity index (χ3v) is 5.34. The van der Waals surface area contributed by atoms with Crippen LogP contribution in [0.3, 0.4) is 0 Å². The highest BCUT2D eigenvalue weighted by Crippen LogP contribution is 2.39. The van der Waals surface area contributed by atoms with Gasteiger partial charge in [0.15, 0.2) is 5.16 Å². The molecule has 1 amide bonds. The van der Waals surface area contributed by atoms with E-state index in [4.69, 9.17) is 0 Å². The maximum Gasteiger partial charge on any atom is 0.253 e. The van der Waals surface area contributed by atoms with Crippen molar-refractivity contribution in [1.29, 1.82) is 0 Å². The standard InChI is InChI=1S/C17H19N5OS/c1-21-16(13-7-8-13)18-19-17(21)24-11-15(23)22-10-9-14(20-22)12-5-3-2-4-6-12/h2-6,13H,7-11H2,1H3. The number of carbonyl (C=O) groups excluding carboxylic acids is 1. The fourth-order valence-corrected chi connectivity index (χ4v) is 3.61. The molecule has 2 aromatic rings. The van der Waals surface area contributed by atoms with E-state index in [9.17, 15) is 4.79 Å². The minimum atomic E-state index is 0.0157. The molecule has 1 aromatic heterocycles. The van der Waals surface area contributed by atoms with Crippen LogP contribution in [0.5, 0.6) is 0 Å². The summed E-state index contributed by atoms with van der Waals surface area (Å²) in [6.45, 7) is 0.649. The highest BCUT2D eigenvalue weighted by Gasteiger charge is 2.29. The molecule has 0 atom stereocenters. The molecule has 0 saturated heterocycles. The Kier molecular flexibility index (Phi) is 4.10. The van der Waals surface area contributed by atoms with Gasteiger partial charge in [0.1, 0.15) is 5.82 Å². The van der Waals surface area contributed by atoms with E-state index in [0.717, 1.165) is 28.7 Å². The second-order valence-corrected chi connectivity index (χ2v) is 7.08. The third-order valence-electron chi connectivity index (χ3n) is 4.33. The van der Waals surface area contributed by atoms with Gasteiger partial charge in [-0.3, -0.25) is 4.79 Å². The van der Waals surface area contributed by atoms with Crippen LogP contribution in [0.4, 0.5) is 0 Å². The molecule has 1 aliphatic carbocycles. The zero-order valence-electron chi connectivity index (χ0n) is 13.6. The van der Waals surface area contributed by atoms with Gasteiger partial charge in [-0.15, -0.1) is 10.2 Å². The smallest absolute Gasteiger partial charge is 0.253 e. The molecule has 0 N–H and O–H groups in total. The molecule has 1 aromatic carbocycles. The summed E-state index contributed by atoms with van der Waals surface area (Å²) in [5.74, 6) is 1.95. The number of thioether (sulfide) groups is 1. The highest BCUT2D eigenvalue weighted by molar-refractivity contribution is 7.99. The van der Waals surface area contributed by atoms with Crippen LogP contribution in [0.15, 0.2) is 40.6 Å². The van der Waals surface area contributed by atoms with Crippen molar-refractivity contribution in [3.63, 3.8) is 0 Å². The summed E-state index contributed by atoms with van der Waals surface area (Å²) in [4.78, 5) is 12.4. The molecule has 2 aliphatic rings. The van der Waals surface area contributed by atoms with Gasteiger partial charge >= 0.3 is 0 Å². The van der Waals surface area contributed by atoms with Crippen LogP contribution in [0.1, 0.15) is 36.6 Å². The minimum Gasteiger partial charge on any atom is -0.309 e. The molecule has 0 unspecified atom stereocenters. The zero-order valence-corrected chi connectivity index (χ0v) is 14.4. The summed E-state index contributed by atoms with van der Waals surface area (Å²) in [7, 11) is 1.97. The summed E-state index contributed by atoms with van der Waals surface area (Å²) in [6, 6.07) is 10.0. The van der Waals surface area contributed by atoms with E-state index in [0.29, 0.717) is 18.2 Å². The number of hydrogen-bond acceptors (Lipinski definition) is 5. The Morgan fingerprint density at radius 3 is 2.79 bits per heavy atom. The topological polar surface area (TPSA) is 63.4 Å². The predicted molar refractivity (Wildman–Crippen MR) is 93.0 cm³/mol. The van der Waals surface area contributed by atoms with Crippen molar-refractivity contribution in [3.8, 4) is 0 Å². The lowest BCUT2D eigenvalue weighted by Crippen LogP contribution is -2.25. The fourth-order valence-electron chi connectivity index (χ4n) is 2.82. The molecule has 7 heteroatoms. The van der Waals surface area contributed by atoms with Gasteiger partial charge in [0.2, 0.25) is 0 Å². The SMILES string of the molecule is Cn1c(SCC(=O)N2CCC(c3ccccc3)=N2)nnc1C1CC1. The fraction of sp³-hybridized carbons (Fsp3) is 0.412. The molecular formula is C17H19N5OS. The Morgan fingerprint density at radius 2 is 2.04 bits per heavy atom. The van der Waals surface area contributed by atoms with Crippen LogP contribution in [0.25, 0.3) is 0 Å². The molecule has 0 spiro atoms. The van der Waals surface area contributed by atoms with Gasteiger partial charge < -0.3 is 4.57 Å². The van der Waals surface area contributed by atoms with Gasteiger partial charge in [-0.25, -0.2) is 5.01 Å². The number of nitrogens with zero attached hydrogens (tertiary/aromatic N) is 5. The second-order valence-electron chi connectivity index (χ2n) is 6.14. The lowest BCUT2D eigenvalue weighted by molar-refractivity contribution is -0.127. The number of benzene rings is 1. The first-order valence-corrected chi connectivity index (χ1v) is 9.16. The van der Waals surface area contributed by atoms with Crippen LogP contribution < -0.4 is 0 Å². The molecule has 1 aliphatic heterocycles. The largest absolute Gasteiger partial charge is 0.309 e. The average molecular weight is 341 g/mol. The summed E-state index contributed by atoms with van der Waals surface area (Å²) in [5, 5.41) is 15.3. The van der Waals surface area contributed by atoms with Gasteiger partial charge in [-0.05, 0) is 18.4 Å². The van der Waals surface area contributed by atoms with E-state index >= 15 is 0 Å². The summed E-state index contributed by atoms with van der Waals surface area (Å²) in [5.41, 5.74) is 2.06. The van der Waals surface area contributed by atoms with Crippen LogP contribution in [-0.2, 0) is 11.8 Å². The van der Waals surface area contributed by atoms with Crippen LogP contribution >= 0.6 is 11.8 Å². The van der Waals surface area contributed by atoms with E-state index in [2.05, 4.69) is 15.3 Å². The van der Waals surface area contributed by atoms with E-state index in [1.807, 2.05) is 41.9 Å². The van der Waals surface area contributed by atoms with Crippen molar-refractivity contribution in [1.82, 2.24) is 19.8 Å². The van der Waals surface area contributed by atoms with E-state index in [1.165, 1.54) is 24.6 Å². The molecule has 2 heterocycles. The monoisotopic (exact) mass is 341 g/mol. The summed E-state index contributed by atoms with van der Waals surface area (Å²) >= 11 is 1.43. The quantitative estimate of drug-likeness (QED) is 0.784. The van der Waals surface area contributed by atoms with Gasteiger partial charge in [-0.2, -0.15) is 5.10 Å².